The first-order valence-corrected chi connectivity index (χ1v) is 13.6. The third-order valence-corrected chi connectivity index (χ3v) is 8.01. The van der Waals surface area contributed by atoms with Gasteiger partial charge in [0.05, 0.1) is 4.90 Å². The predicted octanol–water partition coefficient (Wildman–Crippen LogP) is 1.14. The number of nitrogens with zero attached hydrogens (tertiary/aromatic N) is 3. The molecular weight excluding hydrogens is 444 g/mol. The predicted molar refractivity (Wildman–Crippen MR) is 125 cm³/mol. The molecule has 1 N–H and O–H groups in total. The fourth-order valence-electron chi connectivity index (χ4n) is 4.63. The van der Waals surface area contributed by atoms with E-state index in [4.69, 9.17) is 9.47 Å². The summed E-state index contributed by atoms with van der Waals surface area (Å²) in [6.45, 7) is 9.93. The number of rotatable bonds is 8. The molecule has 0 aliphatic carbocycles. The molecular formula is C23H36N4O5S. The average molecular weight is 481 g/mol. The summed E-state index contributed by atoms with van der Waals surface area (Å²) in [7, 11) is -3.66. The number of carbonyl (C=O) groups is 1. The Morgan fingerprint density at radius 2 is 1.70 bits per heavy atom. The van der Waals surface area contributed by atoms with Crippen LogP contribution in [0.25, 0.3) is 0 Å². The number of hydrogen-bond donors (Lipinski definition) is 1. The Morgan fingerprint density at radius 3 is 2.39 bits per heavy atom. The maximum Gasteiger partial charge on any atom is 0.267 e. The number of nitrogens with one attached hydrogen (secondary N) is 1. The molecule has 1 unspecified atom stereocenters. The molecule has 3 aliphatic rings. The van der Waals surface area contributed by atoms with Gasteiger partial charge in [0, 0.05) is 58.4 Å². The number of sulfonamides is 1. The zero-order valence-electron chi connectivity index (χ0n) is 19.5. The maximum absolute atomic E-state index is 12.8. The van der Waals surface area contributed by atoms with E-state index in [1.165, 1.54) is 12.1 Å². The summed E-state index contributed by atoms with van der Waals surface area (Å²) in [6, 6.07) is 4.55. The monoisotopic (exact) mass is 480 g/mol. The van der Waals surface area contributed by atoms with Gasteiger partial charge >= 0.3 is 0 Å². The van der Waals surface area contributed by atoms with Crippen molar-refractivity contribution in [1.29, 1.82) is 0 Å². The van der Waals surface area contributed by atoms with E-state index in [0.29, 0.717) is 24.6 Å². The molecule has 4 rings (SSSR count). The van der Waals surface area contributed by atoms with Crippen LogP contribution in [0.1, 0.15) is 32.6 Å². The normalized spacial score (nSPS) is 22.3. The number of likely N-dealkylation sites (tertiary alicyclic amines) is 1. The Hall–Kier alpha value is -1.88. The molecule has 1 atom stereocenters. The highest BCUT2D eigenvalue weighted by atomic mass is 32.2. The number of piperidine rings is 1. The molecule has 3 aliphatic heterocycles. The summed E-state index contributed by atoms with van der Waals surface area (Å²) in [5.41, 5.74) is 0. The Morgan fingerprint density at radius 1 is 1.00 bits per heavy atom. The second-order valence-electron chi connectivity index (χ2n) is 8.99. The third kappa shape index (κ3) is 6.17. The van der Waals surface area contributed by atoms with Crippen LogP contribution in [0.4, 0.5) is 0 Å². The molecule has 10 heteroatoms. The summed E-state index contributed by atoms with van der Waals surface area (Å²) in [5, 5.41) is 0. The first kappa shape index (κ1) is 24.3. The van der Waals surface area contributed by atoms with E-state index in [2.05, 4.69) is 21.4 Å². The van der Waals surface area contributed by atoms with Gasteiger partial charge in [-0.25, -0.2) is 13.1 Å². The lowest BCUT2D eigenvalue weighted by Crippen LogP contribution is -2.48. The first-order valence-electron chi connectivity index (χ1n) is 12.1. The van der Waals surface area contributed by atoms with Crippen LogP contribution in [-0.4, -0.2) is 101 Å². The van der Waals surface area contributed by atoms with Gasteiger partial charge in [0.15, 0.2) is 11.5 Å². The highest BCUT2D eigenvalue weighted by molar-refractivity contribution is 7.89. The van der Waals surface area contributed by atoms with Crippen molar-refractivity contribution in [3.05, 3.63) is 18.2 Å². The second kappa shape index (κ2) is 11.0. The SMILES string of the molecule is CCCN1CCN(CCNS(=O)(=O)c2ccc3c(c2)OCC(C(=O)N2CCCCC2)O3)CC1. The molecule has 0 bridgehead atoms. The quantitative estimate of drug-likeness (QED) is 0.597. The van der Waals surface area contributed by atoms with E-state index < -0.39 is 16.1 Å². The molecule has 2 fully saturated rings. The molecule has 3 heterocycles. The Balaban J connectivity index is 1.29. The highest BCUT2D eigenvalue weighted by Crippen LogP contribution is 2.34. The van der Waals surface area contributed by atoms with Gasteiger partial charge in [-0.1, -0.05) is 6.92 Å². The van der Waals surface area contributed by atoms with Crippen LogP contribution in [0, 0.1) is 0 Å². The second-order valence-corrected chi connectivity index (χ2v) is 10.8. The van der Waals surface area contributed by atoms with Crippen molar-refractivity contribution < 1.29 is 22.7 Å². The van der Waals surface area contributed by atoms with E-state index in [9.17, 15) is 13.2 Å². The molecule has 0 saturated carbocycles. The molecule has 1 aromatic carbocycles. The van der Waals surface area contributed by atoms with Gasteiger partial charge in [-0.05, 0) is 44.4 Å². The Labute approximate surface area is 197 Å². The van der Waals surface area contributed by atoms with Gasteiger partial charge in [0.25, 0.3) is 5.91 Å². The van der Waals surface area contributed by atoms with Crippen LogP contribution in [0.15, 0.2) is 23.1 Å². The van der Waals surface area contributed by atoms with E-state index in [1.54, 1.807) is 6.07 Å². The standard InChI is InChI=1S/C23H36N4O5S/c1-2-9-25-13-15-26(16-14-25)12-8-24-33(29,30)19-6-7-20-21(17-19)31-18-22(32-20)23(28)27-10-4-3-5-11-27/h6-7,17,22,24H,2-5,8-16,18H2,1H3. The summed E-state index contributed by atoms with van der Waals surface area (Å²) in [5.74, 6) is 0.697. The number of benzene rings is 1. The van der Waals surface area contributed by atoms with Gasteiger partial charge in [-0.15, -0.1) is 0 Å². The van der Waals surface area contributed by atoms with Gasteiger partial charge in [-0.2, -0.15) is 0 Å². The van der Waals surface area contributed by atoms with Gasteiger partial charge in [0.2, 0.25) is 16.1 Å². The van der Waals surface area contributed by atoms with Crippen molar-refractivity contribution in [3.63, 3.8) is 0 Å². The minimum atomic E-state index is -3.66. The fraction of sp³-hybridized carbons (Fsp3) is 0.696. The molecule has 0 radical (unpaired) electrons. The Kier molecular flexibility index (Phi) is 8.11. The number of fused-ring (bicyclic) bond motifs is 1. The number of hydrogen-bond acceptors (Lipinski definition) is 7. The van der Waals surface area contributed by atoms with E-state index >= 15 is 0 Å². The minimum Gasteiger partial charge on any atom is -0.485 e. The molecule has 0 aromatic heterocycles. The topological polar surface area (TPSA) is 91.4 Å². The summed E-state index contributed by atoms with van der Waals surface area (Å²) < 4.78 is 39.9. The largest absolute Gasteiger partial charge is 0.485 e. The lowest BCUT2D eigenvalue weighted by molar-refractivity contribution is -0.142. The van der Waals surface area contributed by atoms with Gasteiger partial charge < -0.3 is 19.3 Å². The van der Waals surface area contributed by atoms with E-state index in [-0.39, 0.29) is 17.4 Å². The number of amides is 1. The van der Waals surface area contributed by atoms with E-state index in [0.717, 1.165) is 71.5 Å². The van der Waals surface area contributed by atoms with Crippen molar-refractivity contribution in [3.8, 4) is 11.5 Å². The number of ether oxygens (including phenoxy) is 2. The van der Waals surface area contributed by atoms with Crippen LogP contribution in [0.5, 0.6) is 11.5 Å². The summed E-state index contributed by atoms with van der Waals surface area (Å²) in [4.78, 5) is 19.4. The van der Waals surface area contributed by atoms with Crippen molar-refractivity contribution >= 4 is 15.9 Å². The molecule has 184 valence electrons. The summed E-state index contributed by atoms with van der Waals surface area (Å²) in [6.07, 6.45) is 3.65. The van der Waals surface area contributed by atoms with Crippen LogP contribution in [0.2, 0.25) is 0 Å². The van der Waals surface area contributed by atoms with Gasteiger partial charge in [-0.3, -0.25) is 9.69 Å². The van der Waals surface area contributed by atoms with Crippen LogP contribution in [0.3, 0.4) is 0 Å². The average Bonchev–Trinajstić information content (AvgIpc) is 2.84. The molecule has 1 aromatic rings. The van der Waals surface area contributed by atoms with Crippen LogP contribution >= 0.6 is 0 Å². The van der Waals surface area contributed by atoms with Crippen molar-refractivity contribution in [2.45, 2.75) is 43.6 Å². The molecule has 33 heavy (non-hydrogen) atoms. The maximum atomic E-state index is 12.8. The van der Waals surface area contributed by atoms with Gasteiger partial charge in [0.1, 0.15) is 6.61 Å². The molecule has 0 spiro atoms. The van der Waals surface area contributed by atoms with Crippen molar-refractivity contribution in [1.82, 2.24) is 19.4 Å². The van der Waals surface area contributed by atoms with Crippen molar-refractivity contribution in [2.75, 3.05) is 65.5 Å². The van der Waals surface area contributed by atoms with Crippen LogP contribution in [-0.2, 0) is 14.8 Å². The lowest BCUT2D eigenvalue weighted by atomic mass is 10.1. The zero-order chi connectivity index (χ0) is 23.3. The van der Waals surface area contributed by atoms with Crippen molar-refractivity contribution in [2.24, 2.45) is 0 Å². The molecule has 9 nitrogen and oxygen atoms in total. The Bertz CT molecular complexity index is 911. The minimum absolute atomic E-state index is 0.0609. The first-order chi connectivity index (χ1) is 16.0. The summed E-state index contributed by atoms with van der Waals surface area (Å²) >= 11 is 0. The third-order valence-electron chi connectivity index (χ3n) is 6.55. The lowest BCUT2D eigenvalue weighted by Gasteiger charge is -2.34. The zero-order valence-corrected chi connectivity index (χ0v) is 20.3. The smallest absolute Gasteiger partial charge is 0.267 e. The number of carbonyl (C=O) groups excluding carboxylic acids is 1. The van der Waals surface area contributed by atoms with E-state index in [1.807, 2.05) is 4.90 Å². The number of piperazine rings is 1. The molecule has 1 amide bonds. The fourth-order valence-corrected chi connectivity index (χ4v) is 5.67. The highest BCUT2D eigenvalue weighted by Gasteiger charge is 2.32. The molecule has 2 saturated heterocycles. The van der Waals surface area contributed by atoms with Crippen LogP contribution < -0.4 is 14.2 Å².